The highest BCUT2D eigenvalue weighted by Crippen LogP contribution is 2.27. The third-order valence-electron chi connectivity index (χ3n) is 3.84. The summed E-state index contributed by atoms with van der Waals surface area (Å²) in [7, 11) is 0. The number of rotatable bonds is 3. The Hall–Kier alpha value is -2.63. The molecule has 0 saturated heterocycles. The van der Waals surface area contributed by atoms with E-state index in [2.05, 4.69) is 10.3 Å². The van der Waals surface area contributed by atoms with Crippen LogP contribution in [0.1, 0.15) is 17.2 Å². The van der Waals surface area contributed by atoms with Crippen molar-refractivity contribution in [1.29, 1.82) is 0 Å². The fourth-order valence-corrected chi connectivity index (χ4v) is 2.65. The highest BCUT2D eigenvalue weighted by atomic mass is 35.5. The van der Waals surface area contributed by atoms with Crippen molar-refractivity contribution in [2.45, 2.75) is 13.0 Å². The molecule has 0 bridgehead atoms. The number of hydrogen-bond donors (Lipinski definition) is 3. The lowest BCUT2D eigenvalue weighted by atomic mass is 10.1. The average molecular weight is 342 g/mol. The predicted octanol–water partition coefficient (Wildman–Crippen LogP) is 3.13. The molecule has 0 radical (unpaired) electrons. The summed E-state index contributed by atoms with van der Waals surface area (Å²) in [5, 5.41) is 4.15. The van der Waals surface area contributed by atoms with Crippen LogP contribution in [0.3, 0.4) is 0 Å². The zero-order chi connectivity index (χ0) is 17.3. The Morgan fingerprint density at radius 3 is 2.62 bits per heavy atom. The zero-order valence-corrected chi connectivity index (χ0v) is 13.7. The number of carbonyl (C=O) groups excluding carboxylic acids is 1. The average Bonchev–Trinajstić information content (AvgIpc) is 2.56. The minimum absolute atomic E-state index is 0.233. The van der Waals surface area contributed by atoms with Crippen molar-refractivity contribution in [1.82, 2.24) is 4.98 Å². The second-order valence-corrected chi connectivity index (χ2v) is 6.01. The Balaban J connectivity index is 1.88. The number of H-pyrrole nitrogens is 1. The molecule has 0 spiro atoms. The molecule has 0 unspecified atom stereocenters. The summed E-state index contributed by atoms with van der Waals surface area (Å²) in [5.74, 6) is -0.370. The van der Waals surface area contributed by atoms with E-state index in [0.29, 0.717) is 22.0 Å². The van der Waals surface area contributed by atoms with Crippen LogP contribution >= 0.6 is 11.6 Å². The molecule has 0 aliphatic heterocycles. The molecule has 0 saturated carbocycles. The highest BCUT2D eigenvalue weighted by Gasteiger charge is 2.17. The molecule has 3 rings (SSSR count). The number of hydrogen-bond acceptors (Lipinski definition) is 3. The number of halogens is 1. The quantitative estimate of drug-likeness (QED) is 0.684. The summed E-state index contributed by atoms with van der Waals surface area (Å²) in [6, 6.07) is 11.6. The predicted molar refractivity (Wildman–Crippen MR) is 96.3 cm³/mol. The van der Waals surface area contributed by atoms with Gasteiger partial charge in [-0.25, -0.2) is 0 Å². The van der Waals surface area contributed by atoms with Gasteiger partial charge in [0.2, 0.25) is 5.91 Å². The van der Waals surface area contributed by atoms with Crippen LogP contribution in [0.2, 0.25) is 5.02 Å². The number of pyridine rings is 1. The van der Waals surface area contributed by atoms with Crippen molar-refractivity contribution in [3.8, 4) is 0 Å². The summed E-state index contributed by atoms with van der Waals surface area (Å²) >= 11 is 6.18. The maximum absolute atomic E-state index is 12.4. The van der Waals surface area contributed by atoms with E-state index in [9.17, 15) is 9.59 Å². The van der Waals surface area contributed by atoms with Gasteiger partial charge in [-0.3, -0.25) is 9.59 Å². The second kappa shape index (κ2) is 6.47. The standard InChI is InChI=1S/C18H16ClN3O2/c1-10-2-4-11(5-3-10)16(20)18(24)22-15-8-12-6-7-21-17(23)13(12)9-14(15)19/h2-9,16H,20H2,1H3,(H,21,23)(H,22,24)/t16-/m1/s1. The fraction of sp³-hybridized carbons (Fsp3) is 0.111. The van der Waals surface area contributed by atoms with Crippen LogP contribution in [0.25, 0.3) is 10.8 Å². The van der Waals surface area contributed by atoms with Gasteiger partial charge in [-0.15, -0.1) is 0 Å². The summed E-state index contributed by atoms with van der Waals surface area (Å²) < 4.78 is 0. The Morgan fingerprint density at radius 1 is 1.21 bits per heavy atom. The molecule has 5 nitrogen and oxygen atoms in total. The summed E-state index contributed by atoms with van der Waals surface area (Å²) in [5.41, 5.74) is 8.01. The van der Waals surface area contributed by atoms with Crippen LogP contribution in [-0.2, 0) is 4.79 Å². The van der Waals surface area contributed by atoms with Gasteiger partial charge < -0.3 is 16.0 Å². The first-order valence-corrected chi connectivity index (χ1v) is 7.77. The van der Waals surface area contributed by atoms with Gasteiger partial charge in [-0.05, 0) is 36.1 Å². The van der Waals surface area contributed by atoms with Crippen LogP contribution in [0.5, 0.6) is 0 Å². The number of carbonyl (C=O) groups is 1. The van der Waals surface area contributed by atoms with Crippen molar-refractivity contribution in [3.05, 3.63) is 75.2 Å². The number of aromatic amines is 1. The number of nitrogens with two attached hydrogens (primary N) is 1. The molecule has 1 heterocycles. The minimum atomic E-state index is -0.809. The van der Waals surface area contributed by atoms with Crippen LogP contribution in [0.4, 0.5) is 5.69 Å². The number of fused-ring (bicyclic) bond motifs is 1. The third kappa shape index (κ3) is 3.18. The Bertz CT molecular complexity index is 964. The number of amides is 1. The van der Waals surface area contributed by atoms with Gasteiger partial charge in [-0.1, -0.05) is 41.4 Å². The molecular formula is C18H16ClN3O2. The number of benzene rings is 2. The van der Waals surface area contributed by atoms with Gasteiger partial charge in [0.1, 0.15) is 6.04 Å². The van der Waals surface area contributed by atoms with Gasteiger partial charge >= 0.3 is 0 Å². The van der Waals surface area contributed by atoms with E-state index < -0.39 is 6.04 Å². The fourth-order valence-electron chi connectivity index (χ4n) is 2.44. The first kappa shape index (κ1) is 16.2. The molecule has 0 aliphatic rings. The largest absolute Gasteiger partial charge is 0.329 e. The maximum Gasteiger partial charge on any atom is 0.255 e. The monoisotopic (exact) mass is 341 g/mol. The van der Waals surface area contributed by atoms with Crippen molar-refractivity contribution < 1.29 is 4.79 Å². The van der Waals surface area contributed by atoms with Gasteiger partial charge in [0.25, 0.3) is 5.56 Å². The van der Waals surface area contributed by atoms with Crippen LogP contribution in [0, 0.1) is 6.92 Å². The van der Waals surface area contributed by atoms with E-state index in [0.717, 1.165) is 5.56 Å². The van der Waals surface area contributed by atoms with Gasteiger partial charge in [0, 0.05) is 11.6 Å². The molecule has 1 atom stereocenters. The molecule has 1 aromatic heterocycles. The molecule has 0 fully saturated rings. The number of aryl methyl sites for hydroxylation is 1. The summed E-state index contributed by atoms with van der Waals surface area (Å²) in [4.78, 5) is 26.7. The SMILES string of the molecule is Cc1ccc([C@@H](N)C(=O)Nc2cc3cc[nH]c(=O)c3cc2Cl)cc1. The summed E-state index contributed by atoms with van der Waals surface area (Å²) in [6.07, 6.45) is 1.54. The van der Waals surface area contributed by atoms with E-state index in [1.807, 2.05) is 31.2 Å². The molecule has 4 N–H and O–H groups in total. The molecule has 1 amide bonds. The number of anilines is 1. The van der Waals surface area contributed by atoms with Crippen LogP contribution < -0.4 is 16.6 Å². The number of nitrogens with one attached hydrogen (secondary N) is 2. The van der Waals surface area contributed by atoms with Crippen molar-refractivity contribution >= 4 is 34.0 Å². The molecular weight excluding hydrogens is 326 g/mol. The van der Waals surface area contributed by atoms with Gasteiger partial charge in [0.15, 0.2) is 0 Å². The molecule has 6 heteroatoms. The first-order valence-electron chi connectivity index (χ1n) is 7.39. The molecule has 3 aromatic rings. The first-order chi connectivity index (χ1) is 11.5. The van der Waals surface area contributed by atoms with E-state index in [4.69, 9.17) is 17.3 Å². The molecule has 122 valence electrons. The molecule has 0 aliphatic carbocycles. The molecule has 24 heavy (non-hydrogen) atoms. The Kier molecular flexibility index (Phi) is 4.38. The zero-order valence-electron chi connectivity index (χ0n) is 13.0. The van der Waals surface area contributed by atoms with Crippen LogP contribution in [0.15, 0.2) is 53.5 Å². The van der Waals surface area contributed by atoms with Crippen molar-refractivity contribution in [3.63, 3.8) is 0 Å². The lowest BCUT2D eigenvalue weighted by molar-refractivity contribution is -0.117. The van der Waals surface area contributed by atoms with Gasteiger partial charge in [0.05, 0.1) is 10.7 Å². The van der Waals surface area contributed by atoms with E-state index in [-0.39, 0.29) is 16.5 Å². The van der Waals surface area contributed by atoms with E-state index in [1.165, 1.54) is 6.07 Å². The normalized spacial score (nSPS) is 12.1. The Morgan fingerprint density at radius 2 is 1.92 bits per heavy atom. The highest BCUT2D eigenvalue weighted by molar-refractivity contribution is 6.34. The van der Waals surface area contributed by atoms with Crippen LogP contribution in [-0.4, -0.2) is 10.9 Å². The molecule has 2 aromatic carbocycles. The van der Waals surface area contributed by atoms with E-state index in [1.54, 1.807) is 18.3 Å². The summed E-state index contributed by atoms with van der Waals surface area (Å²) in [6.45, 7) is 1.96. The minimum Gasteiger partial charge on any atom is -0.329 e. The smallest absolute Gasteiger partial charge is 0.255 e. The lowest BCUT2D eigenvalue weighted by Gasteiger charge is -2.14. The topological polar surface area (TPSA) is 88.0 Å². The van der Waals surface area contributed by atoms with Crippen molar-refractivity contribution in [2.75, 3.05) is 5.32 Å². The Labute approximate surface area is 143 Å². The van der Waals surface area contributed by atoms with Gasteiger partial charge in [-0.2, -0.15) is 0 Å². The maximum atomic E-state index is 12.4. The van der Waals surface area contributed by atoms with E-state index >= 15 is 0 Å². The van der Waals surface area contributed by atoms with Crippen molar-refractivity contribution in [2.24, 2.45) is 5.73 Å². The number of aromatic nitrogens is 1. The third-order valence-corrected chi connectivity index (χ3v) is 4.15. The second-order valence-electron chi connectivity index (χ2n) is 5.60. The lowest BCUT2D eigenvalue weighted by Crippen LogP contribution is -2.27.